The summed E-state index contributed by atoms with van der Waals surface area (Å²) in [5.41, 5.74) is 0.715. The maximum Gasteiger partial charge on any atom is 0.306 e. The van der Waals surface area contributed by atoms with Gasteiger partial charge in [0.05, 0.1) is 29.4 Å². The summed E-state index contributed by atoms with van der Waals surface area (Å²) in [5.74, 6) is -1.59. The Morgan fingerprint density at radius 2 is 2.07 bits per heavy atom. The number of amides is 1. The van der Waals surface area contributed by atoms with E-state index in [1.54, 1.807) is 29.2 Å². The van der Waals surface area contributed by atoms with E-state index in [9.17, 15) is 19.8 Å². The first-order valence-corrected chi connectivity index (χ1v) is 10.7. The molecule has 0 aliphatic carbocycles. The van der Waals surface area contributed by atoms with Crippen molar-refractivity contribution in [3.8, 4) is 0 Å². The summed E-state index contributed by atoms with van der Waals surface area (Å²) in [6.07, 6.45) is -1.79. The Balaban J connectivity index is 2.14. The molecule has 6 nitrogen and oxygen atoms in total. The van der Waals surface area contributed by atoms with Gasteiger partial charge in [-0.3, -0.25) is 9.59 Å². The molecule has 1 saturated heterocycles. The van der Waals surface area contributed by atoms with Crippen LogP contribution in [0.5, 0.6) is 0 Å². The Labute approximate surface area is 182 Å². The fourth-order valence-electron chi connectivity index (χ4n) is 3.59. The fourth-order valence-corrected chi connectivity index (χ4v) is 4.98. The number of rotatable bonds is 7. The van der Waals surface area contributed by atoms with E-state index >= 15 is 0 Å². The lowest BCUT2D eigenvalue weighted by molar-refractivity contribution is -0.184. The minimum absolute atomic E-state index is 0.250. The average Bonchev–Trinajstić information content (AvgIpc) is 3.10. The summed E-state index contributed by atoms with van der Waals surface area (Å²) < 4.78 is 6.60. The van der Waals surface area contributed by atoms with E-state index < -0.39 is 42.6 Å². The predicted molar refractivity (Wildman–Crippen MR) is 111 cm³/mol. The lowest BCUT2D eigenvalue weighted by atomic mass is 9.93. The van der Waals surface area contributed by atoms with Crippen molar-refractivity contribution in [3.63, 3.8) is 0 Å². The number of nitrogens with zero attached hydrogens (tertiary/aromatic N) is 1. The number of hydrogen-bond donors (Lipinski definition) is 2. The van der Waals surface area contributed by atoms with E-state index in [1.165, 1.54) is 11.3 Å². The van der Waals surface area contributed by atoms with Gasteiger partial charge in [0.1, 0.15) is 12.2 Å². The summed E-state index contributed by atoms with van der Waals surface area (Å²) >= 11 is 13.6. The monoisotopic (exact) mass is 457 g/mol. The van der Waals surface area contributed by atoms with Crippen LogP contribution in [-0.2, 0) is 14.3 Å². The van der Waals surface area contributed by atoms with Gasteiger partial charge in [0.2, 0.25) is 0 Å². The van der Waals surface area contributed by atoms with Crippen molar-refractivity contribution in [2.45, 2.75) is 44.1 Å². The molecular weight excluding hydrogens is 437 g/mol. The predicted octanol–water partition coefficient (Wildman–Crippen LogP) is 4.31. The second-order valence-electron chi connectivity index (χ2n) is 6.78. The van der Waals surface area contributed by atoms with Crippen LogP contribution in [0.1, 0.15) is 42.4 Å². The summed E-state index contributed by atoms with van der Waals surface area (Å²) in [6.45, 7) is 1.61. The van der Waals surface area contributed by atoms with Crippen molar-refractivity contribution in [2.24, 2.45) is 0 Å². The number of thiophene rings is 1. The van der Waals surface area contributed by atoms with Gasteiger partial charge in [-0.05, 0) is 36.2 Å². The number of carbonyl (C=O) groups is 2. The molecule has 2 aromatic rings. The standard InChI is InChI=1S/C20H21Cl2NO5S/c1-2-13(10-24)23-18(15-6-7-16(22)29-15)19(11-4-3-5-12(21)8-11)28-14(20(23)27)9-17(25)26/h3-8,13-14,18-19,24H,2,9-10H2,1H3,(H,25,26)/t13?,14-,18-,19-/m1/s1. The van der Waals surface area contributed by atoms with Gasteiger partial charge in [0.25, 0.3) is 5.91 Å². The van der Waals surface area contributed by atoms with Crippen molar-refractivity contribution in [1.29, 1.82) is 0 Å². The van der Waals surface area contributed by atoms with Crippen LogP contribution in [0.15, 0.2) is 36.4 Å². The molecule has 0 bridgehead atoms. The van der Waals surface area contributed by atoms with Gasteiger partial charge < -0.3 is 19.8 Å². The maximum absolute atomic E-state index is 13.2. The lowest BCUT2D eigenvalue weighted by Gasteiger charge is -2.47. The van der Waals surface area contributed by atoms with Crippen molar-refractivity contribution < 1.29 is 24.5 Å². The molecule has 156 valence electrons. The molecule has 1 amide bonds. The van der Waals surface area contributed by atoms with Gasteiger partial charge in [-0.25, -0.2) is 0 Å². The summed E-state index contributed by atoms with van der Waals surface area (Å²) in [4.78, 5) is 26.9. The van der Waals surface area contributed by atoms with E-state index in [1.807, 2.05) is 19.1 Å². The largest absolute Gasteiger partial charge is 0.481 e. The van der Waals surface area contributed by atoms with E-state index in [0.29, 0.717) is 21.3 Å². The highest BCUT2D eigenvalue weighted by atomic mass is 35.5. The zero-order chi connectivity index (χ0) is 21.1. The number of aliphatic hydroxyl groups is 1. The molecule has 1 fully saturated rings. The fraction of sp³-hybridized carbons (Fsp3) is 0.400. The van der Waals surface area contributed by atoms with Gasteiger partial charge >= 0.3 is 5.97 Å². The first-order valence-electron chi connectivity index (χ1n) is 9.16. The Kier molecular flexibility index (Phi) is 7.19. The van der Waals surface area contributed by atoms with Crippen LogP contribution in [0.3, 0.4) is 0 Å². The highest BCUT2D eigenvalue weighted by Crippen LogP contribution is 2.46. The number of carboxylic acids is 1. The highest BCUT2D eigenvalue weighted by molar-refractivity contribution is 7.16. The zero-order valence-electron chi connectivity index (χ0n) is 15.6. The number of carbonyl (C=O) groups excluding carboxylic acids is 1. The number of halogens is 2. The van der Waals surface area contributed by atoms with Crippen LogP contribution < -0.4 is 0 Å². The van der Waals surface area contributed by atoms with E-state index in [4.69, 9.17) is 27.9 Å². The highest BCUT2D eigenvalue weighted by Gasteiger charge is 2.47. The van der Waals surface area contributed by atoms with Gasteiger partial charge in [-0.1, -0.05) is 42.3 Å². The number of morpholine rings is 1. The third-order valence-electron chi connectivity index (χ3n) is 4.93. The van der Waals surface area contributed by atoms with Crippen LogP contribution >= 0.6 is 34.5 Å². The number of ether oxygens (including phenoxy) is 1. The summed E-state index contributed by atoms with van der Waals surface area (Å²) in [5, 5.41) is 19.7. The molecule has 0 saturated carbocycles. The van der Waals surface area contributed by atoms with Crippen molar-refractivity contribution in [3.05, 3.63) is 56.2 Å². The van der Waals surface area contributed by atoms with Gasteiger partial charge in [0.15, 0.2) is 0 Å². The molecule has 2 N–H and O–H groups in total. The molecule has 1 aliphatic rings. The minimum Gasteiger partial charge on any atom is -0.481 e. The van der Waals surface area contributed by atoms with Gasteiger partial charge in [-0.2, -0.15) is 0 Å². The molecule has 1 aromatic heterocycles. The first kappa shape index (κ1) is 22.1. The van der Waals surface area contributed by atoms with Crippen LogP contribution in [0.2, 0.25) is 9.36 Å². The molecule has 4 atom stereocenters. The maximum atomic E-state index is 13.2. The van der Waals surface area contributed by atoms with E-state index in [2.05, 4.69) is 0 Å². The topological polar surface area (TPSA) is 87.1 Å². The SMILES string of the molecule is CCC(CO)N1C(=O)[C@@H](CC(=O)O)O[C@H](c2cccc(Cl)c2)[C@H]1c1ccc(Cl)s1. The minimum atomic E-state index is -1.16. The molecule has 1 aromatic carbocycles. The van der Waals surface area contributed by atoms with Crippen molar-refractivity contribution in [2.75, 3.05) is 6.61 Å². The van der Waals surface area contributed by atoms with E-state index in [0.717, 1.165) is 4.88 Å². The van der Waals surface area contributed by atoms with Crippen LogP contribution in [-0.4, -0.2) is 45.7 Å². The molecule has 29 heavy (non-hydrogen) atoms. The Hall–Kier alpha value is -1.64. The Morgan fingerprint density at radius 1 is 1.31 bits per heavy atom. The van der Waals surface area contributed by atoms with Crippen molar-refractivity contribution >= 4 is 46.4 Å². The van der Waals surface area contributed by atoms with Crippen molar-refractivity contribution in [1.82, 2.24) is 4.90 Å². The van der Waals surface area contributed by atoms with Crippen LogP contribution in [0.4, 0.5) is 0 Å². The van der Waals surface area contributed by atoms with Crippen LogP contribution in [0, 0.1) is 0 Å². The summed E-state index contributed by atoms with van der Waals surface area (Å²) in [6, 6.07) is 9.56. The van der Waals surface area contributed by atoms with Gasteiger partial charge in [-0.15, -0.1) is 11.3 Å². The third kappa shape index (κ3) is 4.75. The third-order valence-corrected chi connectivity index (χ3v) is 6.46. The average molecular weight is 458 g/mol. The molecule has 1 unspecified atom stereocenters. The number of carboxylic acid groups (broad SMARTS) is 1. The molecule has 3 rings (SSSR count). The number of benzene rings is 1. The smallest absolute Gasteiger partial charge is 0.306 e. The quantitative estimate of drug-likeness (QED) is 0.646. The second kappa shape index (κ2) is 9.45. The second-order valence-corrected chi connectivity index (χ2v) is 8.96. The molecule has 2 heterocycles. The molecule has 0 radical (unpaired) electrons. The molecule has 9 heteroatoms. The summed E-state index contributed by atoms with van der Waals surface area (Å²) in [7, 11) is 0. The van der Waals surface area contributed by atoms with Gasteiger partial charge in [0, 0.05) is 9.90 Å². The molecular formula is C20H21Cl2NO5S. The number of aliphatic carboxylic acids is 1. The lowest BCUT2D eigenvalue weighted by Crippen LogP contribution is -2.55. The molecule has 1 aliphatic heterocycles. The normalized spacial score (nSPS) is 23.2. The van der Waals surface area contributed by atoms with E-state index in [-0.39, 0.29) is 6.61 Å². The zero-order valence-corrected chi connectivity index (χ0v) is 18.0. The van der Waals surface area contributed by atoms with Crippen LogP contribution in [0.25, 0.3) is 0 Å². The Bertz CT molecular complexity index is 885. The number of aliphatic hydroxyl groups excluding tert-OH is 1. The first-order chi connectivity index (χ1) is 13.8. The number of hydrogen-bond acceptors (Lipinski definition) is 5. The Morgan fingerprint density at radius 3 is 2.62 bits per heavy atom. The molecule has 0 spiro atoms.